The minimum atomic E-state index is -0.604. The summed E-state index contributed by atoms with van der Waals surface area (Å²) in [4.78, 5) is 26.0. The molecule has 0 saturated carbocycles. The molecule has 1 aromatic heterocycles. The highest BCUT2D eigenvalue weighted by molar-refractivity contribution is 5.64. The highest BCUT2D eigenvalue weighted by Crippen LogP contribution is 2.48. The molecule has 2 aromatic rings. The average molecular weight is 417 g/mol. The first-order chi connectivity index (χ1) is 14.4. The number of aliphatic hydroxyl groups is 1. The van der Waals surface area contributed by atoms with Crippen LogP contribution in [0.1, 0.15) is 24.0 Å². The third-order valence-corrected chi connectivity index (χ3v) is 6.83. The number of nitrogens with zero attached hydrogens (tertiary/aromatic N) is 4. The summed E-state index contributed by atoms with van der Waals surface area (Å²) in [6.07, 6.45) is 2.01. The van der Waals surface area contributed by atoms with Gasteiger partial charge in [0.25, 0.3) is 5.56 Å². The molecule has 1 aromatic carbocycles. The molecule has 1 saturated heterocycles. The van der Waals surface area contributed by atoms with Gasteiger partial charge in [-0.15, -0.1) is 0 Å². The van der Waals surface area contributed by atoms with Gasteiger partial charge in [-0.1, -0.05) is 0 Å². The zero-order valence-corrected chi connectivity index (χ0v) is 16.9. The second-order valence-corrected chi connectivity index (χ2v) is 8.56. The van der Waals surface area contributed by atoms with Crippen molar-refractivity contribution < 1.29 is 13.9 Å². The van der Waals surface area contributed by atoms with Crippen molar-refractivity contribution in [2.24, 2.45) is 0 Å². The molecule has 4 heterocycles. The van der Waals surface area contributed by atoms with Crippen LogP contribution in [0.5, 0.6) is 0 Å². The molecule has 0 radical (unpaired) electrons. The lowest BCUT2D eigenvalue weighted by Gasteiger charge is -2.40. The third-order valence-electron chi connectivity index (χ3n) is 6.83. The third kappa shape index (κ3) is 2.86. The van der Waals surface area contributed by atoms with Crippen molar-refractivity contribution in [2.45, 2.75) is 24.7 Å². The number of piperidine rings is 1. The zero-order valence-electron chi connectivity index (χ0n) is 16.9. The standard InChI is InChI=1S/C21H25F2N5O2/c1-26-5-2-14-18(26)24-20(25-19(14)30)27-6-3-21(4-7-27)12-28(8-9-29)16-11-13(22)10-15(23)17(16)21/h10-11,29H,2-9,12H2,1H3,(H,24,25,30). The van der Waals surface area contributed by atoms with Gasteiger partial charge in [-0.3, -0.25) is 9.78 Å². The zero-order chi connectivity index (χ0) is 21.0. The minimum absolute atomic E-state index is 0.0758. The summed E-state index contributed by atoms with van der Waals surface area (Å²) in [6, 6.07) is 2.31. The molecule has 0 aliphatic carbocycles. The number of anilines is 3. The molecule has 30 heavy (non-hydrogen) atoms. The smallest absolute Gasteiger partial charge is 0.257 e. The first-order valence-electron chi connectivity index (χ1n) is 10.4. The van der Waals surface area contributed by atoms with E-state index < -0.39 is 17.0 Å². The van der Waals surface area contributed by atoms with Gasteiger partial charge in [0.1, 0.15) is 17.5 Å². The fraction of sp³-hybridized carbons (Fsp3) is 0.524. The summed E-state index contributed by atoms with van der Waals surface area (Å²) in [5.41, 5.74) is 1.28. The maximum Gasteiger partial charge on any atom is 0.257 e. The van der Waals surface area contributed by atoms with E-state index in [1.165, 1.54) is 6.07 Å². The lowest BCUT2D eigenvalue weighted by atomic mass is 9.74. The van der Waals surface area contributed by atoms with Crippen LogP contribution < -0.4 is 20.3 Å². The fourth-order valence-electron chi connectivity index (χ4n) is 5.29. The molecular formula is C21H25F2N5O2. The molecule has 5 rings (SSSR count). The van der Waals surface area contributed by atoms with Crippen LogP contribution in [0.2, 0.25) is 0 Å². The van der Waals surface area contributed by atoms with Crippen LogP contribution in [0.25, 0.3) is 0 Å². The Morgan fingerprint density at radius 2 is 2.00 bits per heavy atom. The van der Waals surface area contributed by atoms with Crippen LogP contribution in [-0.2, 0) is 11.8 Å². The van der Waals surface area contributed by atoms with Gasteiger partial charge in [-0.25, -0.2) is 8.78 Å². The molecule has 160 valence electrons. The number of benzene rings is 1. The summed E-state index contributed by atoms with van der Waals surface area (Å²) >= 11 is 0. The quantitative estimate of drug-likeness (QED) is 0.786. The Kier molecular flexibility index (Phi) is 4.46. The van der Waals surface area contributed by atoms with Crippen molar-refractivity contribution in [3.05, 3.63) is 45.2 Å². The Morgan fingerprint density at radius 3 is 2.73 bits per heavy atom. The lowest BCUT2D eigenvalue weighted by molar-refractivity contribution is 0.293. The highest BCUT2D eigenvalue weighted by Gasteiger charge is 2.47. The summed E-state index contributed by atoms with van der Waals surface area (Å²) < 4.78 is 28.7. The Hall–Kier alpha value is -2.68. The molecule has 1 spiro atoms. The largest absolute Gasteiger partial charge is 0.395 e. The maximum atomic E-state index is 14.9. The summed E-state index contributed by atoms with van der Waals surface area (Å²) in [7, 11) is 1.93. The van der Waals surface area contributed by atoms with E-state index in [0.29, 0.717) is 62.6 Å². The number of fused-ring (bicyclic) bond motifs is 3. The van der Waals surface area contributed by atoms with E-state index in [1.54, 1.807) is 0 Å². The van der Waals surface area contributed by atoms with E-state index in [0.717, 1.165) is 24.0 Å². The molecule has 0 unspecified atom stereocenters. The number of halogens is 2. The Balaban J connectivity index is 1.44. The average Bonchev–Trinajstić information content (AvgIpc) is 3.22. The van der Waals surface area contributed by atoms with Crippen LogP contribution in [0, 0.1) is 11.6 Å². The highest BCUT2D eigenvalue weighted by atomic mass is 19.1. The predicted octanol–water partition coefficient (Wildman–Crippen LogP) is 1.39. The van der Waals surface area contributed by atoms with Crippen molar-refractivity contribution >= 4 is 17.5 Å². The van der Waals surface area contributed by atoms with E-state index in [1.807, 2.05) is 21.7 Å². The predicted molar refractivity (Wildman–Crippen MR) is 111 cm³/mol. The fourth-order valence-corrected chi connectivity index (χ4v) is 5.29. The van der Waals surface area contributed by atoms with E-state index in [-0.39, 0.29) is 12.2 Å². The molecular weight excluding hydrogens is 392 g/mol. The van der Waals surface area contributed by atoms with Crippen molar-refractivity contribution in [3.63, 3.8) is 0 Å². The monoisotopic (exact) mass is 417 g/mol. The Morgan fingerprint density at radius 1 is 1.23 bits per heavy atom. The van der Waals surface area contributed by atoms with Gasteiger partial charge in [0.2, 0.25) is 5.95 Å². The lowest BCUT2D eigenvalue weighted by Crippen LogP contribution is -2.46. The normalized spacial score (nSPS) is 19.5. The summed E-state index contributed by atoms with van der Waals surface area (Å²) in [5.74, 6) is 0.153. The SMILES string of the molecule is CN1CCc2c1nc(N1CCC3(CC1)CN(CCO)c1cc(F)cc(F)c13)[nH]c2=O. The van der Waals surface area contributed by atoms with E-state index in [2.05, 4.69) is 9.97 Å². The molecule has 7 nitrogen and oxygen atoms in total. The topological polar surface area (TPSA) is 75.7 Å². The number of H-pyrrole nitrogens is 1. The van der Waals surface area contributed by atoms with Crippen LogP contribution >= 0.6 is 0 Å². The number of aliphatic hydroxyl groups excluding tert-OH is 1. The van der Waals surface area contributed by atoms with Gasteiger partial charge < -0.3 is 19.8 Å². The van der Waals surface area contributed by atoms with Gasteiger partial charge in [0.05, 0.1) is 12.2 Å². The van der Waals surface area contributed by atoms with Gasteiger partial charge in [-0.2, -0.15) is 4.98 Å². The molecule has 0 atom stereocenters. The molecule has 3 aliphatic heterocycles. The number of β-amino-alcohol motifs (C(OH)–C–C–N with tert-alkyl or cyclic N) is 1. The van der Waals surface area contributed by atoms with Gasteiger partial charge >= 0.3 is 0 Å². The number of aromatic nitrogens is 2. The maximum absolute atomic E-state index is 14.9. The number of rotatable bonds is 3. The molecule has 0 amide bonds. The van der Waals surface area contributed by atoms with Crippen molar-refractivity contribution in [2.75, 3.05) is 61.1 Å². The summed E-state index contributed by atoms with van der Waals surface area (Å²) in [5, 5.41) is 9.41. The van der Waals surface area contributed by atoms with Gasteiger partial charge in [0.15, 0.2) is 0 Å². The first kappa shape index (κ1) is 19.3. The van der Waals surface area contributed by atoms with E-state index in [4.69, 9.17) is 0 Å². The molecule has 9 heteroatoms. The molecule has 0 bridgehead atoms. The van der Waals surface area contributed by atoms with Crippen LogP contribution in [0.3, 0.4) is 0 Å². The molecule has 3 aliphatic rings. The number of hydrogen-bond acceptors (Lipinski definition) is 6. The van der Waals surface area contributed by atoms with Crippen LogP contribution in [0.4, 0.5) is 26.2 Å². The van der Waals surface area contributed by atoms with Crippen LogP contribution in [0.15, 0.2) is 16.9 Å². The second kappa shape index (κ2) is 6.94. The Bertz CT molecular complexity index is 1050. The molecule has 1 fully saturated rings. The van der Waals surface area contributed by atoms with Gasteiger partial charge in [-0.05, 0) is 25.3 Å². The van der Waals surface area contributed by atoms with Crippen molar-refractivity contribution in [1.82, 2.24) is 9.97 Å². The second-order valence-electron chi connectivity index (χ2n) is 8.56. The number of hydrogen-bond donors (Lipinski definition) is 2. The first-order valence-corrected chi connectivity index (χ1v) is 10.4. The van der Waals surface area contributed by atoms with Gasteiger partial charge in [0, 0.05) is 62.5 Å². The summed E-state index contributed by atoms with van der Waals surface area (Å²) in [6.45, 7) is 2.81. The van der Waals surface area contributed by atoms with Crippen molar-refractivity contribution in [3.8, 4) is 0 Å². The van der Waals surface area contributed by atoms with E-state index >= 15 is 0 Å². The minimum Gasteiger partial charge on any atom is -0.395 e. The van der Waals surface area contributed by atoms with Crippen LogP contribution in [-0.4, -0.2) is 61.5 Å². The van der Waals surface area contributed by atoms with Crippen molar-refractivity contribution in [1.29, 1.82) is 0 Å². The Labute approximate surface area is 172 Å². The number of likely N-dealkylation sites (N-methyl/N-ethyl adjacent to an activating group) is 1. The molecule has 2 N–H and O–H groups in total. The number of nitrogens with one attached hydrogen (secondary N) is 1. The van der Waals surface area contributed by atoms with E-state index in [9.17, 15) is 18.7 Å². The number of aromatic amines is 1.